The van der Waals surface area contributed by atoms with Gasteiger partial charge in [0.1, 0.15) is 11.2 Å². The normalized spacial score (nSPS) is 11.8. The summed E-state index contributed by atoms with van der Waals surface area (Å²) in [5.74, 6) is 0. The standard InChI is InChI=1S/C52H44O/c1-29-31(3)35(7)48-46(33(29)5)50(39-27-25-38(26-28-39)41-22-16-24-45-51(41)43-21-14-15-23-44(43)53-45)47-34(6)30(2)32(4)36(8)49(47)52(48)42-20-13-12-19-40(42)37-17-10-9-11-18-37/h9-28H,1-8H3. The molecule has 0 N–H and O–H groups in total. The van der Waals surface area contributed by atoms with Crippen LogP contribution in [0.25, 0.3) is 88.0 Å². The molecule has 0 atom stereocenters. The highest BCUT2D eigenvalue weighted by Crippen LogP contribution is 2.52. The van der Waals surface area contributed by atoms with Crippen LogP contribution in [-0.4, -0.2) is 0 Å². The molecule has 0 unspecified atom stereocenters. The Hall–Kier alpha value is -5.92. The minimum absolute atomic E-state index is 0.921. The lowest BCUT2D eigenvalue weighted by Gasteiger charge is -2.28. The van der Waals surface area contributed by atoms with Gasteiger partial charge in [-0.25, -0.2) is 0 Å². The molecule has 1 heterocycles. The zero-order chi connectivity index (χ0) is 36.7. The van der Waals surface area contributed by atoms with E-state index in [1.165, 1.54) is 116 Å². The van der Waals surface area contributed by atoms with Crippen LogP contribution in [0.15, 0.2) is 126 Å². The minimum Gasteiger partial charge on any atom is -0.456 e. The first-order chi connectivity index (χ1) is 25.7. The Bertz CT molecular complexity index is 2860. The van der Waals surface area contributed by atoms with E-state index in [4.69, 9.17) is 4.42 Å². The zero-order valence-electron chi connectivity index (χ0n) is 32.0. The van der Waals surface area contributed by atoms with Gasteiger partial charge in [0.2, 0.25) is 0 Å². The molecule has 1 aromatic heterocycles. The molecule has 9 aromatic rings. The summed E-state index contributed by atoms with van der Waals surface area (Å²) in [5.41, 5.74) is 22.8. The van der Waals surface area contributed by atoms with Gasteiger partial charge < -0.3 is 4.42 Å². The van der Waals surface area contributed by atoms with Gasteiger partial charge in [0.25, 0.3) is 0 Å². The van der Waals surface area contributed by atoms with E-state index in [0.29, 0.717) is 0 Å². The highest BCUT2D eigenvalue weighted by Gasteiger charge is 2.27. The second-order valence-corrected chi connectivity index (χ2v) is 15.0. The van der Waals surface area contributed by atoms with Crippen molar-refractivity contribution < 1.29 is 4.42 Å². The Morgan fingerprint density at radius 1 is 0.283 bits per heavy atom. The van der Waals surface area contributed by atoms with Crippen molar-refractivity contribution in [1.29, 1.82) is 0 Å². The molecule has 1 nitrogen and oxygen atoms in total. The number of aryl methyl sites for hydroxylation is 4. The quantitative estimate of drug-likeness (QED) is 0.168. The van der Waals surface area contributed by atoms with E-state index in [1.54, 1.807) is 0 Å². The average Bonchev–Trinajstić information content (AvgIpc) is 3.59. The van der Waals surface area contributed by atoms with Gasteiger partial charge in [0.15, 0.2) is 0 Å². The Kier molecular flexibility index (Phi) is 7.68. The van der Waals surface area contributed by atoms with Crippen molar-refractivity contribution in [2.24, 2.45) is 0 Å². The van der Waals surface area contributed by atoms with Crippen LogP contribution in [0.3, 0.4) is 0 Å². The molecule has 8 aromatic carbocycles. The summed E-state index contributed by atoms with van der Waals surface area (Å²) < 4.78 is 6.28. The molecule has 0 aliphatic rings. The van der Waals surface area contributed by atoms with Gasteiger partial charge in [-0.3, -0.25) is 0 Å². The number of fused-ring (bicyclic) bond motifs is 5. The molecular weight excluding hydrogens is 641 g/mol. The minimum atomic E-state index is 0.921. The van der Waals surface area contributed by atoms with Gasteiger partial charge in [-0.1, -0.05) is 109 Å². The number of furan rings is 1. The fourth-order valence-corrected chi connectivity index (χ4v) is 9.09. The van der Waals surface area contributed by atoms with E-state index in [0.717, 1.165) is 16.6 Å². The lowest BCUT2D eigenvalue weighted by atomic mass is 9.76. The fraction of sp³-hybridized carbons (Fsp3) is 0.154. The van der Waals surface area contributed by atoms with Crippen LogP contribution in [0, 0.1) is 55.4 Å². The van der Waals surface area contributed by atoms with Crippen molar-refractivity contribution in [2.45, 2.75) is 55.4 Å². The molecule has 53 heavy (non-hydrogen) atoms. The van der Waals surface area contributed by atoms with Crippen LogP contribution < -0.4 is 0 Å². The van der Waals surface area contributed by atoms with Crippen LogP contribution in [0.1, 0.15) is 44.5 Å². The first-order valence-corrected chi connectivity index (χ1v) is 18.8. The third-order valence-electron chi connectivity index (χ3n) is 12.5. The van der Waals surface area contributed by atoms with Gasteiger partial charge in [0.05, 0.1) is 0 Å². The van der Waals surface area contributed by atoms with Crippen molar-refractivity contribution in [2.75, 3.05) is 0 Å². The maximum Gasteiger partial charge on any atom is 0.136 e. The van der Waals surface area contributed by atoms with Crippen molar-refractivity contribution >= 4 is 43.5 Å². The van der Waals surface area contributed by atoms with Crippen LogP contribution >= 0.6 is 0 Å². The molecular formula is C52H44O. The zero-order valence-corrected chi connectivity index (χ0v) is 32.0. The van der Waals surface area contributed by atoms with Gasteiger partial charge in [-0.2, -0.15) is 0 Å². The molecule has 0 radical (unpaired) electrons. The Morgan fingerprint density at radius 3 is 1.32 bits per heavy atom. The second-order valence-electron chi connectivity index (χ2n) is 15.0. The molecule has 0 saturated heterocycles. The highest BCUT2D eigenvalue weighted by atomic mass is 16.3. The number of hydrogen-bond acceptors (Lipinski definition) is 1. The molecule has 0 aliphatic heterocycles. The molecule has 0 aliphatic carbocycles. The van der Waals surface area contributed by atoms with Gasteiger partial charge in [-0.05, 0) is 178 Å². The molecule has 1 heteroatoms. The van der Waals surface area contributed by atoms with E-state index < -0.39 is 0 Å². The summed E-state index contributed by atoms with van der Waals surface area (Å²) in [7, 11) is 0. The molecule has 0 fully saturated rings. The van der Waals surface area contributed by atoms with Crippen LogP contribution in [0.5, 0.6) is 0 Å². The lowest BCUT2D eigenvalue weighted by Crippen LogP contribution is -2.04. The van der Waals surface area contributed by atoms with Crippen LogP contribution in [0.4, 0.5) is 0 Å². The fourth-order valence-electron chi connectivity index (χ4n) is 9.09. The van der Waals surface area contributed by atoms with E-state index >= 15 is 0 Å². The van der Waals surface area contributed by atoms with Crippen LogP contribution in [-0.2, 0) is 0 Å². The maximum absolute atomic E-state index is 6.28. The topological polar surface area (TPSA) is 13.1 Å². The van der Waals surface area contributed by atoms with E-state index in [-0.39, 0.29) is 0 Å². The summed E-state index contributed by atoms with van der Waals surface area (Å²) in [4.78, 5) is 0. The summed E-state index contributed by atoms with van der Waals surface area (Å²) >= 11 is 0. The van der Waals surface area contributed by atoms with Crippen molar-refractivity contribution in [3.63, 3.8) is 0 Å². The molecule has 0 amide bonds. The van der Waals surface area contributed by atoms with Gasteiger partial charge in [0, 0.05) is 10.8 Å². The number of benzene rings is 8. The van der Waals surface area contributed by atoms with E-state index in [2.05, 4.69) is 171 Å². The number of para-hydroxylation sites is 1. The van der Waals surface area contributed by atoms with Crippen molar-refractivity contribution in [3.05, 3.63) is 166 Å². The monoisotopic (exact) mass is 684 g/mol. The average molecular weight is 685 g/mol. The molecule has 258 valence electrons. The molecule has 0 spiro atoms. The number of hydrogen-bond donors (Lipinski definition) is 0. The summed E-state index contributed by atoms with van der Waals surface area (Å²) in [6.07, 6.45) is 0. The Labute approximate surface area is 312 Å². The number of rotatable bonds is 4. The summed E-state index contributed by atoms with van der Waals surface area (Å²) in [6.45, 7) is 18.6. The summed E-state index contributed by atoms with van der Waals surface area (Å²) in [5, 5.41) is 7.76. The lowest BCUT2D eigenvalue weighted by molar-refractivity contribution is 0.669. The summed E-state index contributed by atoms with van der Waals surface area (Å²) in [6, 6.07) is 44.0. The molecule has 9 rings (SSSR count). The Balaban J connectivity index is 1.42. The third kappa shape index (κ3) is 4.84. The smallest absolute Gasteiger partial charge is 0.136 e. The third-order valence-corrected chi connectivity index (χ3v) is 12.5. The SMILES string of the molecule is Cc1c(C)c(C)c2c(-c3ccccc3-c3ccccc3)c3c(C)c(C)c(C)c(C)c3c(-c3ccc(-c4cccc5oc6ccccc6c45)cc3)c2c1C. The largest absolute Gasteiger partial charge is 0.456 e. The molecule has 0 bridgehead atoms. The van der Waals surface area contributed by atoms with E-state index in [9.17, 15) is 0 Å². The van der Waals surface area contributed by atoms with Crippen molar-refractivity contribution in [3.8, 4) is 44.5 Å². The first kappa shape index (κ1) is 33.0. The van der Waals surface area contributed by atoms with Crippen LogP contribution in [0.2, 0.25) is 0 Å². The van der Waals surface area contributed by atoms with E-state index in [1.807, 2.05) is 6.07 Å². The first-order valence-electron chi connectivity index (χ1n) is 18.8. The van der Waals surface area contributed by atoms with Gasteiger partial charge >= 0.3 is 0 Å². The predicted molar refractivity (Wildman–Crippen MR) is 228 cm³/mol. The predicted octanol–water partition coefficient (Wildman–Crippen LogP) is 15.0. The maximum atomic E-state index is 6.28. The van der Waals surface area contributed by atoms with Crippen molar-refractivity contribution in [1.82, 2.24) is 0 Å². The molecule has 0 saturated carbocycles. The Morgan fingerprint density at radius 2 is 0.717 bits per heavy atom. The second kappa shape index (κ2) is 12.3. The highest BCUT2D eigenvalue weighted by molar-refractivity contribution is 6.26. The van der Waals surface area contributed by atoms with Gasteiger partial charge in [-0.15, -0.1) is 0 Å².